The van der Waals surface area contributed by atoms with Crippen LogP contribution < -0.4 is 20.9 Å². The minimum Gasteiger partial charge on any atom is -0.352 e. The standard InChI is InChI=1S/C36H35ClN10O2S/c1-23(2)38-33-43-32(26-13-9-6-10-14-26)44-36(46-33)47(29-19-15-27(37)16-20-29)24(3)39-34-41-31(25-11-7-5-8-12-25)42-35(45-34)40-28-17-21-30(22-18-28)50(4,48)49/h5-24H,1-4H3,(H,38,43,44,46)(H2,39,40,41,42,45). The molecule has 4 aromatic carbocycles. The lowest BCUT2D eigenvalue weighted by Crippen LogP contribution is -2.37. The van der Waals surface area contributed by atoms with Gasteiger partial charge in [-0.15, -0.1) is 0 Å². The van der Waals surface area contributed by atoms with Crippen molar-refractivity contribution in [2.24, 2.45) is 0 Å². The fraction of sp³-hybridized carbons (Fsp3) is 0.167. The number of rotatable bonds is 12. The van der Waals surface area contributed by atoms with E-state index in [0.717, 1.165) is 16.8 Å². The van der Waals surface area contributed by atoms with Crippen molar-refractivity contribution >= 4 is 56.6 Å². The van der Waals surface area contributed by atoms with Crippen molar-refractivity contribution < 1.29 is 8.42 Å². The third-order valence-corrected chi connectivity index (χ3v) is 8.71. The van der Waals surface area contributed by atoms with Crippen molar-refractivity contribution in [3.63, 3.8) is 0 Å². The number of hydrogen-bond donors (Lipinski definition) is 3. The van der Waals surface area contributed by atoms with Gasteiger partial charge in [-0.05, 0) is 69.3 Å². The van der Waals surface area contributed by atoms with Crippen LogP contribution in [0.4, 0.5) is 35.2 Å². The first-order valence-corrected chi connectivity index (χ1v) is 18.1. The highest BCUT2D eigenvalue weighted by atomic mass is 35.5. The lowest BCUT2D eigenvalue weighted by atomic mass is 10.2. The van der Waals surface area contributed by atoms with Gasteiger partial charge in [0.05, 0.1) is 4.90 Å². The van der Waals surface area contributed by atoms with Crippen molar-refractivity contribution in [1.29, 1.82) is 0 Å². The maximum atomic E-state index is 12.0. The Morgan fingerprint density at radius 2 is 1.16 bits per heavy atom. The van der Waals surface area contributed by atoms with Crippen LogP contribution in [0.1, 0.15) is 20.8 Å². The molecular weight excluding hydrogens is 672 g/mol. The van der Waals surface area contributed by atoms with Crippen LogP contribution in [-0.2, 0) is 9.84 Å². The number of nitrogens with zero attached hydrogens (tertiary/aromatic N) is 7. The summed E-state index contributed by atoms with van der Waals surface area (Å²) in [6, 6.07) is 33.1. The third kappa shape index (κ3) is 8.49. The predicted molar refractivity (Wildman–Crippen MR) is 199 cm³/mol. The van der Waals surface area contributed by atoms with Gasteiger partial charge < -0.3 is 16.0 Å². The van der Waals surface area contributed by atoms with Gasteiger partial charge in [0.2, 0.25) is 23.8 Å². The highest BCUT2D eigenvalue weighted by Gasteiger charge is 2.24. The molecule has 0 fully saturated rings. The maximum Gasteiger partial charge on any atom is 0.237 e. The van der Waals surface area contributed by atoms with Crippen LogP contribution in [0.2, 0.25) is 5.02 Å². The molecule has 0 aliphatic rings. The Balaban J connectivity index is 1.41. The number of sulfone groups is 1. The van der Waals surface area contributed by atoms with Gasteiger partial charge in [0.15, 0.2) is 21.5 Å². The molecule has 2 aromatic heterocycles. The molecule has 254 valence electrons. The van der Waals surface area contributed by atoms with Crippen LogP contribution in [0.5, 0.6) is 0 Å². The van der Waals surface area contributed by atoms with Gasteiger partial charge >= 0.3 is 0 Å². The fourth-order valence-electron chi connectivity index (χ4n) is 5.00. The van der Waals surface area contributed by atoms with Crippen molar-refractivity contribution in [1.82, 2.24) is 29.9 Å². The van der Waals surface area contributed by atoms with Gasteiger partial charge in [-0.2, -0.15) is 29.9 Å². The fourth-order valence-corrected chi connectivity index (χ4v) is 5.76. The number of halogens is 1. The minimum atomic E-state index is -3.35. The Morgan fingerprint density at radius 1 is 0.620 bits per heavy atom. The zero-order valence-corrected chi connectivity index (χ0v) is 29.4. The summed E-state index contributed by atoms with van der Waals surface area (Å²) in [4.78, 5) is 30.7. The Bertz CT molecular complexity index is 2170. The third-order valence-electron chi connectivity index (χ3n) is 7.32. The molecule has 14 heteroatoms. The van der Waals surface area contributed by atoms with E-state index < -0.39 is 16.0 Å². The molecule has 1 atom stereocenters. The second-order valence-electron chi connectivity index (χ2n) is 11.7. The lowest BCUT2D eigenvalue weighted by molar-refractivity contribution is 0.602. The zero-order valence-electron chi connectivity index (χ0n) is 27.8. The molecule has 6 aromatic rings. The number of hydrogen-bond acceptors (Lipinski definition) is 12. The molecular formula is C36H35ClN10O2S. The van der Waals surface area contributed by atoms with E-state index in [1.54, 1.807) is 24.3 Å². The van der Waals surface area contributed by atoms with Crippen molar-refractivity contribution in [3.8, 4) is 22.8 Å². The van der Waals surface area contributed by atoms with E-state index in [0.29, 0.717) is 34.3 Å². The second kappa shape index (κ2) is 14.8. The van der Waals surface area contributed by atoms with E-state index in [2.05, 4.69) is 20.9 Å². The number of nitrogens with one attached hydrogen (secondary N) is 3. The van der Waals surface area contributed by atoms with E-state index >= 15 is 0 Å². The quantitative estimate of drug-likeness (QED) is 0.107. The van der Waals surface area contributed by atoms with E-state index in [1.807, 2.05) is 98.5 Å². The Kier molecular flexibility index (Phi) is 10.2. The predicted octanol–water partition coefficient (Wildman–Crippen LogP) is 7.61. The molecule has 12 nitrogen and oxygen atoms in total. The van der Waals surface area contributed by atoms with Gasteiger partial charge in [0, 0.05) is 39.8 Å². The first-order chi connectivity index (χ1) is 24.0. The molecule has 6 rings (SSSR count). The summed E-state index contributed by atoms with van der Waals surface area (Å²) in [7, 11) is -3.35. The van der Waals surface area contributed by atoms with Crippen LogP contribution in [0.15, 0.2) is 114 Å². The monoisotopic (exact) mass is 706 g/mol. The molecule has 0 radical (unpaired) electrons. The Labute approximate surface area is 296 Å². The average molecular weight is 707 g/mol. The van der Waals surface area contributed by atoms with Crippen LogP contribution in [0.25, 0.3) is 22.8 Å². The van der Waals surface area contributed by atoms with Gasteiger partial charge in [-0.3, -0.25) is 4.90 Å². The van der Waals surface area contributed by atoms with E-state index in [9.17, 15) is 8.42 Å². The summed E-state index contributed by atoms with van der Waals surface area (Å²) in [5.74, 6) is 2.27. The molecule has 0 aliphatic heterocycles. The van der Waals surface area contributed by atoms with Crippen molar-refractivity contribution in [2.75, 3.05) is 27.1 Å². The lowest BCUT2D eigenvalue weighted by Gasteiger charge is -2.30. The molecule has 50 heavy (non-hydrogen) atoms. The molecule has 0 saturated heterocycles. The molecule has 1 unspecified atom stereocenters. The molecule has 3 N–H and O–H groups in total. The maximum absolute atomic E-state index is 12.0. The van der Waals surface area contributed by atoms with Gasteiger partial charge in [-0.1, -0.05) is 72.3 Å². The van der Waals surface area contributed by atoms with Crippen molar-refractivity contribution in [3.05, 3.63) is 114 Å². The second-order valence-corrected chi connectivity index (χ2v) is 14.2. The summed E-state index contributed by atoms with van der Waals surface area (Å²) in [6.45, 7) is 5.98. The first-order valence-electron chi connectivity index (χ1n) is 15.8. The highest BCUT2D eigenvalue weighted by molar-refractivity contribution is 7.90. The van der Waals surface area contributed by atoms with E-state index in [1.165, 1.54) is 18.4 Å². The molecule has 0 aliphatic carbocycles. The van der Waals surface area contributed by atoms with Gasteiger partial charge in [-0.25, -0.2) is 8.42 Å². The Hall–Kier alpha value is -5.66. The van der Waals surface area contributed by atoms with E-state index in [4.69, 9.17) is 36.5 Å². The number of aromatic nitrogens is 6. The van der Waals surface area contributed by atoms with E-state index in [-0.39, 0.29) is 22.8 Å². The molecule has 0 spiro atoms. The van der Waals surface area contributed by atoms with Crippen LogP contribution in [-0.4, -0.2) is 56.8 Å². The number of anilines is 6. The normalized spacial score (nSPS) is 12.0. The summed E-state index contributed by atoms with van der Waals surface area (Å²) < 4.78 is 24.0. The minimum absolute atomic E-state index is 0.0727. The van der Waals surface area contributed by atoms with Crippen LogP contribution in [0, 0.1) is 0 Å². The average Bonchev–Trinajstić information content (AvgIpc) is 3.09. The SMILES string of the molecule is CC(C)Nc1nc(-c2ccccc2)nc(N(c2ccc(Cl)cc2)C(C)Nc2nc(Nc3ccc(S(C)(=O)=O)cc3)nc(-c3ccccc3)n2)n1. The van der Waals surface area contributed by atoms with Crippen LogP contribution in [0.3, 0.4) is 0 Å². The summed E-state index contributed by atoms with van der Waals surface area (Å²) in [5, 5.41) is 10.5. The molecule has 0 bridgehead atoms. The largest absolute Gasteiger partial charge is 0.352 e. The summed E-state index contributed by atoms with van der Waals surface area (Å²) in [6.07, 6.45) is 0.656. The Morgan fingerprint density at radius 3 is 1.72 bits per heavy atom. The van der Waals surface area contributed by atoms with Gasteiger partial charge in [0.25, 0.3) is 0 Å². The van der Waals surface area contributed by atoms with Gasteiger partial charge in [0.1, 0.15) is 6.17 Å². The summed E-state index contributed by atoms with van der Waals surface area (Å²) >= 11 is 6.30. The molecule has 0 amide bonds. The zero-order chi connectivity index (χ0) is 35.3. The molecule has 0 saturated carbocycles. The smallest absolute Gasteiger partial charge is 0.237 e. The topological polar surface area (TPSA) is 151 Å². The first kappa shape index (κ1) is 34.2. The van der Waals surface area contributed by atoms with Crippen molar-refractivity contribution in [2.45, 2.75) is 37.9 Å². The summed E-state index contributed by atoms with van der Waals surface area (Å²) in [5.41, 5.74) is 2.99. The highest BCUT2D eigenvalue weighted by Crippen LogP contribution is 2.30. The molecule has 2 heterocycles. The van der Waals surface area contributed by atoms with Crippen LogP contribution >= 0.6 is 11.6 Å². The number of benzene rings is 4.